The van der Waals surface area contributed by atoms with Crippen LogP contribution in [0.2, 0.25) is 0 Å². The largest absolute Gasteiger partial charge is 0.446 e. The predicted octanol–water partition coefficient (Wildman–Crippen LogP) is 4.56. The van der Waals surface area contributed by atoms with E-state index in [1.807, 2.05) is 37.3 Å². The lowest BCUT2D eigenvalue weighted by molar-refractivity contribution is -0.141. The Bertz CT molecular complexity index is 618. The van der Waals surface area contributed by atoms with Crippen LogP contribution >= 0.6 is 0 Å². The number of hydrogen-bond acceptors (Lipinski definition) is 4. The third kappa shape index (κ3) is 5.55. The van der Waals surface area contributed by atoms with E-state index in [1.165, 1.54) is 12.8 Å². The molecule has 0 aliphatic carbocycles. The molecule has 1 N–H and O–H groups in total. The van der Waals surface area contributed by atoms with E-state index in [4.69, 9.17) is 4.74 Å². The lowest BCUT2D eigenvalue weighted by Crippen LogP contribution is -2.44. The zero-order valence-corrected chi connectivity index (χ0v) is 16.9. The number of nitrogens with zero attached hydrogens (tertiary/aromatic N) is 1. The van der Waals surface area contributed by atoms with Crippen LogP contribution < -0.4 is 0 Å². The van der Waals surface area contributed by atoms with Gasteiger partial charge >= 0.3 is 6.09 Å². The Kier molecular flexibility index (Phi) is 7.84. The highest BCUT2D eigenvalue weighted by molar-refractivity contribution is 5.96. The van der Waals surface area contributed by atoms with Crippen molar-refractivity contribution >= 4 is 12.0 Å². The van der Waals surface area contributed by atoms with Gasteiger partial charge in [0.1, 0.15) is 18.8 Å². The number of aliphatic hydroxyl groups excluding tert-OH is 1. The standard InChI is InChI=1S/C22H33NO4/c1-5-9-15(2)12-16(3)13-17(4)20(24)21(25)23-19(14-27-22(23)26)18-10-7-6-8-11-18/h6-8,10-11,15-17,19-20,24H,5,9,12-14H2,1-4H3/t15-,16-,17-,19-,20+/m0/s1. The van der Waals surface area contributed by atoms with Gasteiger partial charge in [-0.3, -0.25) is 4.79 Å². The highest BCUT2D eigenvalue weighted by Gasteiger charge is 2.42. The number of carbonyl (C=O) groups excluding carboxylic acids is 2. The second-order valence-corrected chi connectivity index (χ2v) is 8.10. The van der Waals surface area contributed by atoms with E-state index in [0.717, 1.165) is 23.3 Å². The molecule has 0 aromatic heterocycles. The average molecular weight is 376 g/mol. The molecule has 0 saturated carbocycles. The number of amides is 2. The minimum Gasteiger partial charge on any atom is -0.446 e. The van der Waals surface area contributed by atoms with Crippen LogP contribution in [0.3, 0.4) is 0 Å². The molecule has 1 heterocycles. The number of aliphatic hydroxyl groups is 1. The Morgan fingerprint density at radius 1 is 1.19 bits per heavy atom. The maximum atomic E-state index is 12.9. The minimum atomic E-state index is -1.20. The van der Waals surface area contributed by atoms with Crippen molar-refractivity contribution in [2.24, 2.45) is 17.8 Å². The number of carbonyl (C=O) groups is 2. The summed E-state index contributed by atoms with van der Waals surface area (Å²) in [5, 5.41) is 10.6. The van der Waals surface area contributed by atoms with Gasteiger partial charge in [0.25, 0.3) is 5.91 Å². The molecule has 0 spiro atoms. The summed E-state index contributed by atoms with van der Waals surface area (Å²) < 4.78 is 5.10. The Morgan fingerprint density at radius 2 is 1.85 bits per heavy atom. The highest BCUT2D eigenvalue weighted by Crippen LogP contribution is 2.30. The monoisotopic (exact) mass is 375 g/mol. The van der Waals surface area contributed by atoms with Crippen molar-refractivity contribution in [1.82, 2.24) is 4.90 Å². The Labute approximate surface area is 162 Å². The van der Waals surface area contributed by atoms with E-state index in [9.17, 15) is 14.7 Å². The second kappa shape index (κ2) is 9.88. The summed E-state index contributed by atoms with van der Waals surface area (Å²) in [5.41, 5.74) is 0.832. The molecule has 0 bridgehead atoms. The fourth-order valence-corrected chi connectivity index (χ4v) is 4.13. The summed E-state index contributed by atoms with van der Waals surface area (Å²) in [4.78, 5) is 26.1. The number of cyclic esters (lactones) is 1. The molecule has 0 unspecified atom stereocenters. The maximum absolute atomic E-state index is 12.9. The minimum absolute atomic E-state index is 0.126. The predicted molar refractivity (Wildman–Crippen MR) is 105 cm³/mol. The fourth-order valence-electron chi connectivity index (χ4n) is 4.13. The van der Waals surface area contributed by atoms with Crippen LogP contribution in [0.1, 0.15) is 65.0 Å². The lowest BCUT2D eigenvalue weighted by Gasteiger charge is -2.27. The van der Waals surface area contributed by atoms with Crippen molar-refractivity contribution in [2.45, 2.75) is 65.5 Å². The average Bonchev–Trinajstić information content (AvgIpc) is 3.02. The SMILES string of the molecule is CCC[C@H](C)C[C@H](C)C[C@H](C)[C@@H](O)C(=O)N1C(=O)OC[C@H]1c1ccccc1. The highest BCUT2D eigenvalue weighted by atomic mass is 16.6. The van der Waals surface area contributed by atoms with Crippen molar-refractivity contribution in [1.29, 1.82) is 0 Å². The molecule has 27 heavy (non-hydrogen) atoms. The van der Waals surface area contributed by atoms with Gasteiger partial charge in [0.2, 0.25) is 0 Å². The molecule has 1 aromatic rings. The van der Waals surface area contributed by atoms with E-state index in [2.05, 4.69) is 20.8 Å². The third-order valence-electron chi connectivity index (χ3n) is 5.45. The summed E-state index contributed by atoms with van der Waals surface area (Å²) >= 11 is 0. The van der Waals surface area contributed by atoms with Crippen LogP contribution in [-0.4, -0.2) is 34.7 Å². The quantitative estimate of drug-likeness (QED) is 0.687. The zero-order valence-electron chi connectivity index (χ0n) is 16.9. The van der Waals surface area contributed by atoms with Gasteiger partial charge in [-0.1, -0.05) is 70.9 Å². The molecule has 0 radical (unpaired) electrons. The number of benzene rings is 1. The lowest BCUT2D eigenvalue weighted by atomic mass is 9.85. The Balaban J connectivity index is 2.00. The van der Waals surface area contributed by atoms with Gasteiger partial charge in [-0.05, 0) is 36.2 Å². The van der Waals surface area contributed by atoms with Gasteiger partial charge in [-0.2, -0.15) is 0 Å². The summed E-state index contributed by atoms with van der Waals surface area (Å²) in [5.74, 6) is 0.277. The van der Waals surface area contributed by atoms with Gasteiger partial charge in [-0.15, -0.1) is 0 Å². The molecule has 1 fully saturated rings. The molecular weight excluding hydrogens is 342 g/mol. The molecule has 5 nitrogen and oxygen atoms in total. The van der Waals surface area contributed by atoms with Crippen molar-refractivity contribution in [2.75, 3.05) is 6.61 Å². The third-order valence-corrected chi connectivity index (χ3v) is 5.45. The Hall–Kier alpha value is -1.88. The summed E-state index contributed by atoms with van der Waals surface area (Å²) in [7, 11) is 0. The zero-order chi connectivity index (χ0) is 20.0. The van der Waals surface area contributed by atoms with Crippen LogP contribution in [0.5, 0.6) is 0 Å². The van der Waals surface area contributed by atoms with Crippen molar-refractivity contribution < 1.29 is 19.4 Å². The first-order valence-electron chi connectivity index (χ1n) is 10.1. The first-order valence-corrected chi connectivity index (χ1v) is 10.1. The van der Waals surface area contributed by atoms with Crippen molar-refractivity contribution in [3.63, 3.8) is 0 Å². The summed E-state index contributed by atoms with van der Waals surface area (Å²) in [6.07, 6.45) is 2.31. The molecule has 1 aliphatic heterocycles. The van der Waals surface area contributed by atoms with Gasteiger partial charge in [-0.25, -0.2) is 9.69 Å². The number of rotatable bonds is 9. The van der Waals surface area contributed by atoms with E-state index in [1.54, 1.807) is 0 Å². The van der Waals surface area contributed by atoms with Gasteiger partial charge in [0, 0.05) is 0 Å². The molecule has 150 valence electrons. The normalized spacial score (nSPS) is 21.4. The molecule has 2 amide bonds. The van der Waals surface area contributed by atoms with Gasteiger partial charge in [0.05, 0.1) is 0 Å². The van der Waals surface area contributed by atoms with Crippen LogP contribution in [0, 0.1) is 17.8 Å². The number of imide groups is 1. The fraction of sp³-hybridized carbons (Fsp3) is 0.636. The van der Waals surface area contributed by atoms with E-state index < -0.39 is 24.1 Å². The molecule has 2 rings (SSSR count). The van der Waals surface area contributed by atoms with E-state index >= 15 is 0 Å². The topological polar surface area (TPSA) is 66.8 Å². The van der Waals surface area contributed by atoms with Crippen LogP contribution in [0.4, 0.5) is 4.79 Å². The molecule has 5 atom stereocenters. The molecule has 1 saturated heterocycles. The molecule has 5 heteroatoms. The van der Waals surface area contributed by atoms with Crippen molar-refractivity contribution in [3.05, 3.63) is 35.9 Å². The molecule has 1 aromatic carbocycles. The summed E-state index contributed by atoms with van der Waals surface area (Å²) in [6, 6.07) is 8.85. The smallest absolute Gasteiger partial charge is 0.417 e. The molecule has 1 aliphatic rings. The van der Waals surface area contributed by atoms with E-state index in [0.29, 0.717) is 11.8 Å². The first kappa shape index (κ1) is 21.4. The van der Waals surface area contributed by atoms with Gasteiger partial charge in [0.15, 0.2) is 0 Å². The molecular formula is C22H33NO4. The van der Waals surface area contributed by atoms with Crippen LogP contribution in [-0.2, 0) is 9.53 Å². The number of hydrogen-bond donors (Lipinski definition) is 1. The maximum Gasteiger partial charge on any atom is 0.417 e. The first-order chi connectivity index (χ1) is 12.8. The summed E-state index contributed by atoms with van der Waals surface area (Å²) in [6.45, 7) is 8.60. The van der Waals surface area contributed by atoms with E-state index in [-0.39, 0.29) is 12.5 Å². The van der Waals surface area contributed by atoms with Crippen molar-refractivity contribution in [3.8, 4) is 0 Å². The number of ether oxygens (including phenoxy) is 1. The van der Waals surface area contributed by atoms with Crippen LogP contribution in [0.25, 0.3) is 0 Å². The Morgan fingerprint density at radius 3 is 2.48 bits per heavy atom. The van der Waals surface area contributed by atoms with Crippen LogP contribution in [0.15, 0.2) is 30.3 Å². The van der Waals surface area contributed by atoms with Gasteiger partial charge < -0.3 is 9.84 Å². The second-order valence-electron chi connectivity index (χ2n) is 8.10.